The molecule has 3 aromatic heterocycles. The molecule has 0 saturated carbocycles. The average molecular weight is 396 g/mol. The molecule has 6 heteroatoms. The van der Waals surface area contributed by atoms with Crippen LogP contribution in [0.5, 0.6) is 5.88 Å². The number of pyridine rings is 2. The minimum Gasteiger partial charge on any atom is -0.474 e. The number of ether oxygens (including phenoxy) is 1. The van der Waals surface area contributed by atoms with Crippen LogP contribution in [-0.2, 0) is 6.61 Å². The average Bonchev–Trinajstić information content (AvgIpc) is 3.06. The lowest BCUT2D eigenvalue weighted by atomic mass is 10.1. The Morgan fingerprint density at radius 2 is 1.84 bits per heavy atom. The molecule has 0 bridgehead atoms. The van der Waals surface area contributed by atoms with E-state index in [0.717, 1.165) is 26.8 Å². The molecule has 0 spiro atoms. The third-order valence-electron chi connectivity index (χ3n) is 3.90. The number of fused-ring (bicyclic) bond motifs is 1. The highest BCUT2D eigenvalue weighted by atomic mass is 79.9. The standard InChI is InChI=1S/C19H14BrN3O2/c20-17-8-4-7-16-15(11-21-23(16)17)14-9-10-18(24)22-19(14)25-12-13-5-2-1-3-6-13/h1-11H,12H2,(H,22,24). The van der Waals surface area contributed by atoms with E-state index in [1.54, 1.807) is 16.8 Å². The number of hydrogen-bond donors (Lipinski definition) is 1. The minimum absolute atomic E-state index is 0.204. The molecular formula is C19H14BrN3O2. The molecule has 0 aliphatic heterocycles. The first-order valence-electron chi connectivity index (χ1n) is 7.75. The zero-order chi connectivity index (χ0) is 17.2. The van der Waals surface area contributed by atoms with Gasteiger partial charge in [0.15, 0.2) is 0 Å². The number of benzene rings is 1. The van der Waals surface area contributed by atoms with Gasteiger partial charge in [0.05, 0.1) is 11.7 Å². The van der Waals surface area contributed by atoms with Crippen LogP contribution in [0, 0.1) is 0 Å². The predicted molar refractivity (Wildman–Crippen MR) is 99.7 cm³/mol. The van der Waals surface area contributed by atoms with Crippen molar-refractivity contribution < 1.29 is 4.74 Å². The topological polar surface area (TPSA) is 59.4 Å². The van der Waals surface area contributed by atoms with E-state index in [-0.39, 0.29) is 5.56 Å². The maximum absolute atomic E-state index is 11.8. The Bertz CT molecular complexity index is 1090. The molecule has 0 radical (unpaired) electrons. The molecule has 0 aliphatic carbocycles. The van der Waals surface area contributed by atoms with Gasteiger partial charge in [0.2, 0.25) is 5.88 Å². The predicted octanol–water partition coefficient (Wildman–Crippen LogP) is 4.03. The lowest BCUT2D eigenvalue weighted by Gasteiger charge is -2.10. The molecule has 5 nitrogen and oxygen atoms in total. The molecule has 0 aliphatic rings. The van der Waals surface area contributed by atoms with Crippen molar-refractivity contribution in [3.05, 3.63) is 87.4 Å². The Kier molecular flexibility index (Phi) is 4.11. The number of halogens is 1. The Balaban J connectivity index is 1.76. The fourth-order valence-electron chi connectivity index (χ4n) is 2.70. The van der Waals surface area contributed by atoms with Crippen LogP contribution in [0.1, 0.15) is 5.56 Å². The second-order valence-electron chi connectivity index (χ2n) is 5.54. The second-order valence-corrected chi connectivity index (χ2v) is 6.36. The minimum atomic E-state index is -0.204. The highest BCUT2D eigenvalue weighted by molar-refractivity contribution is 9.10. The molecule has 1 aromatic carbocycles. The van der Waals surface area contributed by atoms with Gasteiger partial charge in [-0.1, -0.05) is 36.4 Å². The highest BCUT2D eigenvalue weighted by Crippen LogP contribution is 2.31. The fraction of sp³-hybridized carbons (Fsp3) is 0.0526. The van der Waals surface area contributed by atoms with Crippen molar-refractivity contribution in [3.63, 3.8) is 0 Å². The van der Waals surface area contributed by atoms with Gasteiger partial charge in [-0.2, -0.15) is 5.10 Å². The number of nitrogens with zero attached hydrogens (tertiary/aromatic N) is 2. The van der Waals surface area contributed by atoms with Crippen LogP contribution in [0.4, 0.5) is 0 Å². The first-order chi connectivity index (χ1) is 12.2. The van der Waals surface area contributed by atoms with Gasteiger partial charge in [-0.15, -0.1) is 0 Å². The van der Waals surface area contributed by atoms with Gasteiger partial charge in [0.1, 0.15) is 11.2 Å². The van der Waals surface area contributed by atoms with Crippen LogP contribution in [0.3, 0.4) is 0 Å². The molecule has 4 aromatic rings. The fourth-order valence-corrected chi connectivity index (χ4v) is 3.13. The molecular weight excluding hydrogens is 382 g/mol. The number of nitrogens with one attached hydrogen (secondary N) is 1. The van der Waals surface area contributed by atoms with Crippen molar-refractivity contribution in [2.45, 2.75) is 6.61 Å². The van der Waals surface area contributed by atoms with E-state index >= 15 is 0 Å². The van der Waals surface area contributed by atoms with E-state index in [0.29, 0.717) is 12.5 Å². The Labute approximate surface area is 152 Å². The van der Waals surface area contributed by atoms with Gasteiger partial charge in [-0.3, -0.25) is 9.78 Å². The van der Waals surface area contributed by atoms with Crippen molar-refractivity contribution in [2.75, 3.05) is 0 Å². The SMILES string of the molecule is O=c1ccc(-c2cnn3c(Br)cccc23)c(OCc2ccccc2)[nH]1. The van der Waals surface area contributed by atoms with E-state index in [4.69, 9.17) is 4.74 Å². The first kappa shape index (κ1) is 15.7. The van der Waals surface area contributed by atoms with Gasteiger partial charge >= 0.3 is 0 Å². The lowest BCUT2D eigenvalue weighted by Crippen LogP contribution is -2.08. The molecule has 0 atom stereocenters. The normalized spacial score (nSPS) is 10.9. The summed E-state index contributed by atoms with van der Waals surface area (Å²) in [6.45, 7) is 0.372. The summed E-state index contributed by atoms with van der Waals surface area (Å²) in [5, 5.41) is 4.40. The smallest absolute Gasteiger partial charge is 0.250 e. The third kappa shape index (κ3) is 3.08. The summed E-state index contributed by atoms with van der Waals surface area (Å²) in [5.74, 6) is 0.436. The lowest BCUT2D eigenvalue weighted by molar-refractivity contribution is 0.294. The van der Waals surface area contributed by atoms with Crippen molar-refractivity contribution in [3.8, 4) is 17.0 Å². The molecule has 25 heavy (non-hydrogen) atoms. The summed E-state index contributed by atoms with van der Waals surface area (Å²) in [4.78, 5) is 14.6. The summed E-state index contributed by atoms with van der Waals surface area (Å²) in [7, 11) is 0. The van der Waals surface area contributed by atoms with Gasteiger partial charge < -0.3 is 4.74 Å². The molecule has 0 amide bonds. The summed E-state index contributed by atoms with van der Waals surface area (Å²) in [6, 6.07) is 18.9. The van der Waals surface area contributed by atoms with E-state index < -0.39 is 0 Å². The van der Waals surface area contributed by atoms with E-state index in [2.05, 4.69) is 26.0 Å². The molecule has 0 fully saturated rings. The second kappa shape index (κ2) is 6.57. The van der Waals surface area contributed by atoms with Crippen molar-refractivity contribution in [1.82, 2.24) is 14.6 Å². The van der Waals surface area contributed by atoms with Crippen LogP contribution >= 0.6 is 15.9 Å². The highest BCUT2D eigenvalue weighted by Gasteiger charge is 2.14. The Hall–Kier alpha value is -2.86. The van der Waals surface area contributed by atoms with Crippen LogP contribution in [0.2, 0.25) is 0 Å². The number of H-pyrrole nitrogens is 1. The van der Waals surface area contributed by atoms with Crippen LogP contribution in [0.25, 0.3) is 16.6 Å². The quantitative estimate of drug-likeness (QED) is 0.530. The first-order valence-corrected chi connectivity index (χ1v) is 8.54. The van der Waals surface area contributed by atoms with Gasteiger partial charge in [-0.25, -0.2) is 4.52 Å². The summed E-state index contributed by atoms with van der Waals surface area (Å²) in [5.41, 5.74) is 3.43. The van der Waals surface area contributed by atoms with Crippen LogP contribution in [-0.4, -0.2) is 14.6 Å². The van der Waals surface area contributed by atoms with E-state index in [9.17, 15) is 4.79 Å². The van der Waals surface area contributed by atoms with Gasteiger partial charge in [-0.05, 0) is 39.7 Å². The number of aromatic nitrogens is 3. The maximum Gasteiger partial charge on any atom is 0.250 e. The summed E-state index contributed by atoms with van der Waals surface area (Å²) >= 11 is 3.49. The number of aromatic amines is 1. The monoisotopic (exact) mass is 395 g/mol. The molecule has 4 rings (SSSR count). The summed E-state index contributed by atoms with van der Waals surface area (Å²) < 4.78 is 8.55. The van der Waals surface area contributed by atoms with Crippen molar-refractivity contribution in [1.29, 1.82) is 0 Å². The van der Waals surface area contributed by atoms with Crippen LogP contribution in [0.15, 0.2) is 76.3 Å². The Morgan fingerprint density at radius 1 is 1.00 bits per heavy atom. The van der Waals surface area contributed by atoms with Gasteiger partial charge in [0, 0.05) is 17.2 Å². The van der Waals surface area contributed by atoms with Gasteiger partial charge in [0.25, 0.3) is 5.56 Å². The summed E-state index contributed by atoms with van der Waals surface area (Å²) in [6.07, 6.45) is 1.77. The zero-order valence-corrected chi connectivity index (χ0v) is 14.7. The molecule has 124 valence electrons. The zero-order valence-electron chi connectivity index (χ0n) is 13.1. The molecule has 3 heterocycles. The van der Waals surface area contributed by atoms with Crippen molar-refractivity contribution in [2.24, 2.45) is 0 Å². The largest absolute Gasteiger partial charge is 0.474 e. The molecule has 0 unspecified atom stereocenters. The number of hydrogen-bond acceptors (Lipinski definition) is 3. The molecule has 1 N–H and O–H groups in total. The molecule has 0 saturated heterocycles. The van der Waals surface area contributed by atoms with E-state index in [1.165, 1.54) is 6.07 Å². The van der Waals surface area contributed by atoms with Crippen molar-refractivity contribution >= 4 is 21.4 Å². The third-order valence-corrected chi connectivity index (χ3v) is 4.50. The van der Waals surface area contributed by atoms with Crippen LogP contribution < -0.4 is 10.3 Å². The Morgan fingerprint density at radius 3 is 2.68 bits per heavy atom. The maximum atomic E-state index is 11.8. The van der Waals surface area contributed by atoms with E-state index in [1.807, 2.05) is 48.5 Å². The number of rotatable bonds is 4.